The Bertz CT molecular complexity index is 497. The Morgan fingerprint density at radius 2 is 2.05 bits per heavy atom. The van der Waals surface area contributed by atoms with Crippen molar-refractivity contribution in [1.29, 1.82) is 0 Å². The number of likely N-dealkylation sites (N-methyl/N-ethyl adjacent to an activating group) is 1. The molecule has 0 aliphatic heterocycles. The van der Waals surface area contributed by atoms with Gasteiger partial charge in [-0.3, -0.25) is 9.59 Å². The number of rotatable bonds is 6. The lowest BCUT2D eigenvalue weighted by molar-refractivity contribution is -0.127. The number of benzene rings is 1. The van der Waals surface area contributed by atoms with Gasteiger partial charge in [0.2, 0.25) is 11.8 Å². The van der Waals surface area contributed by atoms with Crippen LogP contribution in [0.1, 0.15) is 13.8 Å². The molecule has 0 fully saturated rings. The fourth-order valence-electron chi connectivity index (χ4n) is 1.41. The molecule has 0 radical (unpaired) electrons. The molecular weight excluding hydrogens is 286 g/mol. The summed E-state index contributed by atoms with van der Waals surface area (Å²) in [7, 11) is 0. The normalized spacial score (nSPS) is 11.8. The third kappa shape index (κ3) is 5.16. The molecule has 1 aromatic rings. The molecule has 1 aromatic carbocycles. The zero-order chi connectivity index (χ0) is 15.1. The molecule has 7 heteroatoms. The summed E-state index contributed by atoms with van der Waals surface area (Å²) in [4.78, 5) is 23.1. The molecule has 1 rings (SSSR count). The van der Waals surface area contributed by atoms with Gasteiger partial charge in [0.05, 0.1) is 5.75 Å². The highest BCUT2D eigenvalue weighted by atomic mass is 32.2. The average Bonchev–Trinajstić information content (AvgIpc) is 2.40. The van der Waals surface area contributed by atoms with Gasteiger partial charge >= 0.3 is 0 Å². The van der Waals surface area contributed by atoms with Gasteiger partial charge in [-0.25, -0.2) is 8.78 Å². The Balaban J connectivity index is 2.47. The summed E-state index contributed by atoms with van der Waals surface area (Å²) < 4.78 is 26.3. The van der Waals surface area contributed by atoms with Crippen LogP contribution in [0, 0.1) is 11.6 Å². The number of hydrogen-bond donors (Lipinski definition) is 2. The van der Waals surface area contributed by atoms with Gasteiger partial charge in [0.15, 0.2) is 0 Å². The molecule has 1 atom stereocenters. The lowest BCUT2D eigenvalue weighted by Gasteiger charge is -2.13. The summed E-state index contributed by atoms with van der Waals surface area (Å²) in [5.74, 6) is -1.95. The van der Waals surface area contributed by atoms with E-state index in [4.69, 9.17) is 0 Å². The van der Waals surface area contributed by atoms with Crippen LogP contribution in [-0.2, 0) is 9.59 Å². The molecule has 4 nitrogen and oxygen atoms in total. The Hall–Kier alpha value is -1.63. The molecular formula is C13H16F2N2O2S. The molecule has 0 aromatic heterocycles. The Kier molecular flexibility index (Phi) is 6.44. The highest BCUT2D eigenvalue weighted by Gasteiger charge is 2.15. The van der Waals surface area contributed by atoms with E-state index in [1.54, 1.807) is 13.8 Å². The molecule has 0 bridgehead atoms. The number of carbonyl (C=O) groups excluding carboxylic acids is 2. The van der Waals surface area contributed by atoms with Crippen molar-refractivity contribution in [2.45, 2.75) is 24.8 Å². The van der Waals surface area contributed by atoms with Crippen molar-refractivity contribution < 1.29 is 18.4 Å². The molecule has 0 saturated carbocycles. The molecule has 110 valence electrons. The molecule has 20 heavy (non-hydrogen) atoms. The maximum Gasteiger partial charge on any atom is 0.242 e. The molecule has 0 unspecified atom stereocenters. The van der Waals surface area contributed by atoms with Crippen molar-refractivity contribution in [3.63, 3.8) is 0 Å². The van der Waals surface area contributed by atoms with Crippen molar-refractivity contribution in [2.75, 3.05) is 12.3 Å². The first kappa shape index (κ1) is 16.4. The summed E-state index contributed by atoms with van der Waals surface area (Å²) >= 11 is 0.878. The largest absolute Gasteiger partial charge is 0.355 e. The third-order valence-electron chi connectivity index (χ3n) is 2.37. The SMILES string of the molecule is CCNC(=O)[C@@H](C)NC(=O)CSc1cc(F)ccc1F. The van der Waals surface area contributed by atoms with Crippen LogP contribution in [0.25, 0.3) is 0 Å². The van der Waals surface area contributed by atoms with Crippen molar-refractivity contribution in [1.82, 2.24) is 10.6 Å². The van der Waals surface area contributed by atoms with Crippen LogP contribution in [0.4, 0.5) is 8.78 Å². The van der Waals surface area contributed by atoms with E-state index in [9.17, 15) is 18.4 Å². The van der Waals surface area contributed by atoms with Crippen molar-refractivity contribution in [3.05, 3.63) is 29.8 Å². The topological polar surface area (TPSA) is 58.2 Å². The van der Waals surface area contributed by atoms with E-state index in [0.717, 1.165) is 30.0 Å². The number of amides is 2. The molecule has 2 N–H and O–H groups in total. The number of nitrogens with one attached hydrogen (secondary N) is 2. The number of thioether (sulfide) groups is 1. The second-order valence-electron chi connectivity index (χ2n) is 4.05. The van der Waals surface area contributed by atoms with Gasteiger partial charge in [-0.15, -0.1) is 11.8 Å². The van der Waals surface area contributed by atoms with Gasteiger partial charge in [0.1, 0.15) is 17.7 Å². The smallest absolute Gasteiger partial charge is 0.242 e. The number of carbonyl (C=O) groups is 2. The Morgan fingerprint density at radius 3 is 2.70 bits per heavy atom. The van der Waals surface area contributed by atoms with Gasteiger partial charge in [-0.1, -0.05) is 0 Å². The van der Waals surface area contributed by atoms with E-state index in [1.165, 1.54) is 0 Å². The number of hydrogen-bond acceptors (Lipinski definition) is 3. The maximum absolute atomic E-state index is 13.3. The van der Waals surface area contributed by atoms with Crippen LogP contribution in [-0.4, -0.2) is 30.2 Å². The lowest BCUT2D eigenvalue weighted by atomic mass is 10.3. The summed E-state index contributed by atoms with van der Waals surface area (Å²) in [5.41, 5.74) is 0. The van der Waals surface area contributed by atoms with Crippen molar-refractivity contribution in [2.24, 2.45) is 0 Å². The van der Waals surface area contributed by atoms with Gasteiger partial charge in [0, 0.05) is 11.4 Å². The standard InChI is InChI=1S/C13H16F2N2O2S/c1-3-16-13(19)8(2)17-12(18)7-20-11-6-9(14)4-5-10(11)15/h4-6,8H,3,7H2,1-2H3,(H,16,19)(H,17,18)/t8-/m1/s1. The zero-order valence-corrected chi connectivity index (χ0v) is 12.0. The average molecular weight is 302 g/mol. The van der Waals surface area contributed by atoms with Crippen LogP contribution in [0.3, 0.4) is 0 Å². The first-order chi connectivity index (χ1) is 9.43. The second kappa shape index (κ2) is 7.84. The zero-order valence-electron chi connectivity index (χ0n) is 11.2. The fourth-order valence-corrected chi connectivity index (χ4v) is 2.18. The van der Waals surface area contributed by atoms with Crippen LogP contribution in [0.5, 0.6) is 0 Å². The first-order valence-corrected chi connectivity index (χ1v) is 7.07. The van der Waals surface area contributed by atoms with Gasteiger partial charge in [-0.2, -0.15) is 0 Å². The van der Waals surface area contributed by atoms with Gasteiger partial charge < -0.3 is 10.6 Å². The van der Waals surface area contributed by atoms with E-state index in [0.29, 0.717) is 6.54 Å². The minimum absolute atomic E-state index is 0.0609. The molecule has 2 amide bonds. The summed E-state index contributed by atoms with van der Waals surface area (Å²) in [6, 6.07) is 2.38. The van der Waals surface area contributed by atoms with Crippen molar-refractivity contribution in [3.8, 4) is 0 Å². The lowest BCUT2D eigenvalue weighted by Crippen LogP contribution is -2.45. The minimum atomic E-state index is -0.666. The maximum atomic E-state index is 13.3. The predicted molar refractivity (Wildman–Crippen MR) is 73.4 cm³/mol. The number of halogens is 2. The van der Waals surface area contributed by atoms with E-state index >= 15 is 0 Å². The third-order valence-corrected chi connectivity index (χ3v) is 3.40. The first-order valence-electron chi connectivity index (χ1n) is 6.09. The molecule has 0 saturated heterocycles. The van der Waals surface area contributed by atoms with Gasteiger partial charge in [0.25, 0.3) is 0 Å². The van der Waals surface area contributed by atoms with Gasteiger partial charge in [-0.05, 0) is 32.0 Å². The molecule has 0 aliphatic rings. The van der Waals surface area contributed by atoms with Crippen LogP contribution >= 0.6 is 11.8 Å². The van der Waals surface area contributed by atoms with Crippen LogP contribution in [0.2, 0.25) is 0 Å². The van der Waals surface area contributed by atoms with E-state index in [2.05, 4.69) is 10.6 Å². The highest BCUT2D eigenvalue weighted by Crippen LogP contribution is 2.22. The highest BCUT2D eigenvalue weighted by molar-refractivity contribution is 8.00. The second-order valence-corrected chi connectivity index (χ2v) is 5.06. The fraction of sp³-hybridized carbons (Fsp3) is 0.385. The van der Waals surface area contributed by atoms with Crippen molar-refractivity contribution >= 4 is 23.6 Å². The van der Waals surface area contributed by atoms with Crippen LogP contribution in [0.15, 0.2) is 23.1 Å². The molecule has 0 spiro atoms. The van der Waals surface area contributed by atoms with E-state index < -0.39 is 23.6 Å². The molecule has 0 aliphatic carbocycles. The van der Waals surface area contributed by atoms with Crippen LogP contribution < -0.4 is 10.6 Å². The van der Waals surface area contributed by atoms with E-state index in [1.807, 2.05) is 0 Å². The minimum Gasteiger partial charge on any atom is -0.355 e. The monoisotopic (exact) mass is 302 g/mol. The quantitative estimate of drug-likeness (QED) is 0.786. The summed E-state index contributed by atoms with van der Waals surface area (Å²) in [6.45, 7) is 3.80. The Morgan fingerprint density at radius 1 is 1.35 bits per heavy atom. The summed E-state index contributed by atoms with van der Waals surface area (Å²) in [5, 5.41) is 5.05. The Labute approximate surface area is 120 Å². The van der Waals surface area contributed by atoms with E-state index in [-0.39, 0.29) is 16.6 Å². The molecule has 0 heterocycles. The predicted octanol–water partition coefficient (Wildman–Crippen LogP) is 1.70. The summed E-state index contributed by atoms with van der Waals surface area (Å²) in [6.07, 6.45) is 0.